The molecule has 1 aromatic rings. The molecule has 1 aromatic carbocycles. The molecule has 2 N–H and O–H groups in total. The van der Waals surface area contributed by atoms with E-state index in [1.54, 1.807) is 0 Å². The highest BCUT2D eigenvalue weighted by Crippen LogP contribution is 2.33. The molecule has 0 spiro atoms. The quantitative estimate of drug-likeness (QED) is 0.534. The van der Waals surface area contributed by atoms with Gasteiger partial charge < -0.3 is 9.67 Å². The fourth-order valence-corrected chi connectivity index (χ4v) is 2.32. The molecule has 112 valence electrons. The molecule has 0 bridgehead atoms. The number of rotatable bonds is 2. The Morgan fingerprint density at radius 1 is 1.17 bits per heavy atom. The average Bonchev–Trinajstić information content (AvgIpc) is 2.54. The standard InChI is InChI=1S/C14H8N6O3/c1-15-7-5-9-10(6-8(7)16-2)20(3-4-21)12-11(17-9)13(22)19-14(23)18-12/h5-6,21H,3-4H2,(H,19,22,23). The number of hydrogen-bond acceptors (Lipinski definition) is 5. The molecule has 0 aromatic heterocycles. The molecule has 0 unspecified atom stereocenters. The summed E-state index contributed by atoms with van der Waals surface area (Å²) < 4.78 is 1.44. The van der Waals surface area contributed by atoms with Crippen molar-refractivity contribution in [3.05, 3.63) is 55.8 Å². The zero-order valence-corrected chi connectivity index (χ0v) is 11.6. The Bertz CT molecular complexity index is 1100. The molecule has 0 aliphatic carbocycles. The van der Waals surface area contributed by atoms with Crippen LogP contribution in [0.25, 0.3) is 32.2 Å². The summed E-state index contributed by atoms with van der Waals surface area (Å²) in [4.78, 5) is 39.9. The molecule has 0 saturated carbocycles. The number of fused-ring (bicyclic) bond motifs is 2. The van der Waals surface area contributed by atoms with Gasteiger partial charge in [0.05, 0.1) is 30.8 Å². The van der Waals surface area contributed by atoms with E-state index in [2.05, 4.69) is 19.7 Å². The summed E-state index contributed by atoms with van der Waals surface area (Å²) in [5, 5.41) is 9.26. The van der Waals surface area contributed by atoms with E-state index in [-0.39, 0.29) is 36.0 Å². The van der Waals surface area contributed by atoms with Crippen molar-refractivity contribution in [1.29, 1.82) is 0 Å². The van der Waals surface area contributed by atoms with Gasteiger partial charge in [-0.05, 0) is 12.1 Å². The molecule has 2 aliphatic rings. The molecule has 3 rings (SSSR count). The largest absolute Gasteiger partial charge is 0.395 e. The van der Waals surface area contributed by atoms with E-state index < -0.39 is 11.2 Å². The van der Waals surface area contributed by atoms with Gasteiger partial charge in [-0.1, -0.05) is 0 Å². The topological polar surface area (TPSA) is 110 Å². The highest BCUT2D eigenvalue weighted by Gasteiger charge is 2.19. The van der Waals surface area contributed by atoms with Crippen LogP contribution in [-0.4, -0.2) is 31.2 Å². The van der Waals surface area contributed by atoms with Crippen molar-refractivity contribution in [2.24, 2.45) is 0 Å². The van der Waals surface area contributed by atoms with Crippen LogP contribution in [0.3, 0.4) is 0 Å². The fourth-order valence-electron chi connectivity index (χ4n) is 2.32. The average molecular weight is 308 g/mol. The Morgan fingerprint density at radius 3 is 2.52 bits per heavy atom. The lowest BCUT2D eigenvalue weighted by atomic mass is 10.2. The van der Waals surface area contributed by atoms with Crippen LogP contribution in [0.4, 0.5) is 11.4 Å². The van der Waals surface area contributed by atoms with Gasteiger partial charge in [0.1, 0.15) is 0 Å². The molecule has 23 heavy (non-hydrogen) atoms. The van der Waals surface area contributed by atoms with Crippen LogP contribution in [0.1, 0.15) is 0 Å². The van der Waals surface area contributed by atoms with Crippen molar-refractivity contribution in [3.8, 4) is 11.5 Å². The smallest absolute Gasteiger partial charge is 0.349 e. The minimum Gasteiger partial charge on any atom is -0.395 e. The highest BCUT2D eigenvalue weighted by atomic mass is 16.3. The monoisotopic (exact) mass is 308 g/mol. The molecule has 2 heterocycles. The molecule has 0 saturated heterocycles. The molecule has 9 heteroatoms. The Hall–Kier alpha value is -3.56. The van der Waals surface area contributed by atoms with Crippen molar-refractivity contribution in [3.63, 3.8) is 0 Å². The summed E-state index contributed by atoms with van der Waals surface area (Å²) >= 11 is 0. The van der Waals surface area contributed by atoms with Crippen LogP contribution in [0.15, 0.2) is 21.7 Å². The van der Waals surface area contributed by atoms with Gasteiger partial charge in [-0.3, -0.25) is 19.5 Å². The van der Waals surface area contributed by atoms with Gasteiger partial charge in [0, 0.05) is 6.54 Å². The van der Waals surface area contributed by atoms with Crippen LogP contribution < -0.4 is 11.2 Å². The van der Waals surface area contributed by atoms with E-state index in [9.17, 15) is 14.7 Å². The van der Waals surface area contributed by atoms with Gasteiger partial charge in [-0.25, -0.2) is 9.78 Å². The summed E-state index contributed by atoms with van der Waals surface area (Å²) in [5.74, 6) is 0.0202. The number of aromatic amines is 1. The molecule has 0 atom stereocenters. The summed E-state index contributed by atoms with van der Waals surface area (Å²) in [7, 11) is 0. The van der Waals surface area contributed by atoms with E-state index in [0.29, 0.717) is 11.0 Å². The lowest BCUT2D eigenvalue weighted by molar-refractivity contribution is 0.278. The van der Waals surface area contributed by atoms with Crippen LogP contribution in [0, 0.1) is 13.1 Å². The first kappa shape index (κ1) is 14.4. The van der Waals surface area contributed by atoms with Crippen molar-refractivity contribution < 1.29 is 5.11 Å². The predicted octanol–water partition coefficient (Wildman–Crippen LogP) is 0.678. The second-order valence-corrected chi connectivity index (χ2v) is 4.58. The number of aliphatic hydroxyl groups is 1. The fraction of sp³-hybridized carbons (Fsp3) is 0.143. The van der Waals surface area contributed by atoms with Gasteiger partial charge in [0.25, 0.3) is 5.56 Å². The molecule has 0 radical (unpaired) electrons. The summed E-state index contributed by atoms with van der Waals surface area (Å²) in [6.45, 7) is 14.1. The zero-order valence-electron chi connectivity index (χ0n) is 11.6. The maximum absolute atomic E-state index is 11.9. The maximum Gasteiger partial charge on any atom is 0.349 e. The minimum atomic E-state index is -0.821. The van der Waals surface area contributed by atoms with E-state index in [4.69, 9.17) is 13.1 Å². The normalized spacial score (nSPS) is 10.6. The van der Waals surface area contributed by atoms with Crippen molar-refractivity contribution in [2.75, 3.05) is 6.61 Å². The second-order valence-electron chi connectivity index (χ2n) is 4.58. The first-order valence-electron chi connectivity index (χ1n) is 6.43. The van der Waals surface area contributed by atoms with Crippen molar-refractivity contribution in [2.45, 2.75) is 6.54 Å². The third-order valence-electron chi connectivity index (χ3n) is 3.27. The number of nitrogens with zero attached hydrogens (tertiary/aromatic N) is 5. The second kappa shape index (κ2) is 5.33. The number of aromatic nitrogens is 4. The Morgan fingerprint density at radius 2 is 1.87 bits per heavy atom. The highest BCUT2D eigenvalue weighted by molar-refractivity contribution is 5.90. The maximum atomic E-state index is 11.9. The van der Waals surface area contributed by atoms with Gasteiger partial charge >= 0.3 is 5.69 Å². The zero-order chi connectivity index (χ0) is 16.6. The van der Waals surface area contributed by atoms with Gasteiger partial charge in [0.2, 0.25) is 0 Å². The molecule has 0 fully saturated rings. The van der Waals surface area contributed by atoms with Crippen molar-refractivity contribution >= 4 is 22.4 Å². The Labute approximate surface area is 128 Å². The Balaban J connectivity index is 2.57. The third kappa shape index (κ3) is 2.21. The SMILES string of the molecule is [C-]#[N+]c1cc2nc3c(=O)[nH]c(=O)nc-3n(CCO)c2cc1[N+]#[C-]. The van der Waals surface area contributed by atoms with Gasteiger partial charge in [-0.15, -0.1) is 0 Å². The first-order chi connectivity index (χ1) is 11.1. The van der Waals surface area contributed by atoms with Gasteiger partial charge in [0.15, 0.2) is 22.9 Å². The number of hydrogen-bond donors (Lipinski definition) is 2. The van der Waals surface area contributed by atoms with Crippen LogP contribution in [0.5, 0.6) is 0 Å². The number of aliphatic hydroxyl groups excluding tert-OH is 1. The Kier molecular flexibility index (Phi) is 3.33. The summed E-state index contributed by atoms with van der Waals surface area (Å²) in [6.07, 6.45) is 0. The molecule has 0 amide bonds. The third-order valence-corrected chi connectivity index (χ3v) is 3.27. The minimum absolute atomic E-state index is 0.0202. The molecular formula is C14H8N6O3. The predicted molar refractivity (Wildman–Crippen MR) is 80.7 cm³/mol. The first-order valence-corrected chi connectivity index (χ1v) is 6.43. The van der Waals surface area contributed by atoms with E-state index in [1.807, 2.05) is 4.98 Å². The van der Waals surface area contributed by atoms with E-state index in [0.717, 1.165) is 0 Å². The molecule has 2 aliphatic heterocycles. The number of nitrogens with one attached hydrogen (secondary N) is 1. The lowest BCUT2D eigenvalue weighted by Gasteiger charge is -2.16. The van der Waals surface area contributed by atoms with Crippen LogP contribution in [-0.2, 0) is 6.54 Å². The summed E-state index contributed by atoms with van der Waals surface area (Å²) in [6, 6.07) is 2.83. The molecule has 9 nitrogen and oxygen atoms in total. The van der Waals surface area contributed by atoms with Crippen LogP contribution >= 0.6 is 0 Å². The number of H-pyrrole nitrogens is 1. The number of benzene rings is 1. The lowest BCUT2D eigenvalue weighted by Crippen LogP contribution is -2.29. The van der Waals surface area contributed by atoms with Crippen molar-refractivity contribution in [1.82, 2.24) is 19.5 Å². The van der Waals surface area contributed by atoms with E-state index >= 15 is 0 Å². The summed E-state index contributed by atoms with van der Waals surface area (Å²) in [5.41, 5.74) is -0.659. The molecular weight excluding hydrogens is 300 g/mol. The van der Waals surface area contributed by atoms with Gasteiger partial charge in [-0.2, -0.15) is 4.98 Å². The van der Waals surface area contributed by atoms with Crippen LogP contribution in [0.2, 0.25) is 0 Å². The van der Waals surface area contributed by atoms with E-state index in [1.165, 1.54) is 16.7 Å².